The zero-order valence-corrected chi connectivity index (χ0v) is 19.8. The number of amides is 2. The summed E-state index contributed by atoms with van der Waals surface area (Å²) in [7, 11) is 0. The summed E-state index contributed by atoms with van der Waals surface area (Å²) in [5.41, 5.74) is 8.51. The van der Waals surface area contributed by atoms with Crippen molar-refractivity contribution in [1.29, 1.82) is 5.26 Å². The number of alkyl halides is 1. The second-order valence-electron chi connectivity index (χ2n) is 11.5. The number of nitrogens with two attached hydrogens (primary N) is 1. The lowest BCUT2D eigenvalue weighted by Gasteiger charge is -2.55. The Morgan fingerprint density at radius 1 is 1.20 bits per heavy atom. The van der Waals surface area contributed by atoms with Gasteiger partial charge in [0.05, 0.1) is 24.1 Å². The van der Waals surface area contributed by atoms with Gasteiger partial charge in [-0.1, -0.05) is 0 Å². The highest BCUT2D eigenvalue weighted by molar-refractivity contribution is 5.98. The second kappa shape index (κ2) is 8.34. The molecule has 2 heterocycles. The summed E-state index contributed by atoms with van der Waals surface area (Å²) in [6.45, 7) is -0.0842. The lowest BCUT2D eigenvalue weighted by Crippen LogP contribution is -2.51. The average molecular weight is 478 g/mol. The molecule has 35 heavy (non-hydrogen) atoms. The van der Waals surface area contributed by atoms with Crippen molar-refractivity contribution in [3.05, 3.63) is 30.0 Å². The Hall–Kier alpha value is -2.92. The summed E-state index contributed by atoms with van der Waals surface area (Å²) >= 11 is 0. The fraction of sp³-hybridized carbons (Fsp3) is 0.593. The molecule has 1 saturated heterocycles. The van der Waals surface area contributed by atoms with Crippen LogP contribution in [-0.2, 0) is 16.0 Å². The van der Waals surface area contributed by atoms with Crippen LogP contribution in [-0.4, -0.2) is 46.5 Å². The lowest BCUT2D eigenvalue weighted by atomic mass is 9.49. The first kappa shape index (κ1) is 22.5. The number of rotatable bonds is 5. The number of fused-ring (bicyclic) bond motifs is 1. The van der Waals surface area contributed by atoms with Gasteiger partial charge in [0.25, 0.3) is 0 Å². The van der Waals surface area contributed by atoms with Gasteiger partial charge in [-0.3, -0.25) is 9.59 Å². The number of carbonyl (C=O) groups excluding carboxylic acids is 2. The SMILES string of the molecule is N#C[C@@H]1C[C@H](F)CN1C(=O)C(N)Cc1c[nH]c2ccc(NC(=O)C34CC5CC(CC(C5)C3)C4)cc12. The van der Waals surface area contributed by atoms with E-state index in [1.54, 1.807) is 0 Å². The third-order valence-electron chi connectivity index (χ3n) is 8.98. The van der Waals surface area contributed by atoms with E-state index in [0.717, 1.165) is 41.4 Å². The van der Waals surface area contributed by atoms with Gasteiger partial charge in [-0.2, -0.15) is 5.26 Å². The molecule has 5 fully saturated rings. The first-order valence-corrected chi connectivity index (χ1v) is 12.8. The van der Waals surface area contributed by atoms with Gasteiger partial charge in [-0.25, -0.2) is 4.39 Å². The van der Waals surface area contributed by atoms with Crippen LogP contribution in [0.25, 0.3) is 10.9 Å². The molecular weight excluding hydrogens is 445 g/mol. The maximum absolute atomic E-state index is 13.8. The van der Waals surface area contributed by atoms with E-state index in [9.17, 15) is 19.2 Å². The summed E-state index contributed by atoms with van der Waals surface area (Å²) in [4.78, 5) is 30.8. The predicted molar refractivity (Wildman–Crippen MR) is 130 cm³/mol. The Balaban J connectivity index is 1.18. The molecule has 2 amide bonds. The maximum Gasteiger partial charge on any atom is 0.241 e. The number of aromatic nitrogens is 1. The van der Waals surface area contributed by atoms with Crippen LogP contribution < -0.4 is 11.1 Å². The quantitative estimate of drug-likeness (QED) is 0.610. The minimum Gasteiger partial charge on any atom is -0.361 e. The van der Waals surface area contributed by atoms with Gasteiger partial charge in [0.1, 0.15) is 12.2 Å². The summed E-state index contributed by atoms with van der Waals surface area (Å²) in [6, 6.07) is 6.15. The van der Waals surface area contributed by atoms with Crippen LogP contribution in [0.15, 0.2) is 24.4 Å². The van der Waals surface area contributed by atoms with Crippen LogP contribution in [0, 0.1) is 34.5 Å². The van der Waals surface area contributed by atoms with Crippen molar-refractivity contribution in [3.63, 3.8) is 0 Å². The molecule has 184 valence electrons. The van der Waals surface area contributed by atoms with Crippen molar-refractivity contribution in [1.82, 2.24) is 9.88 Å². The smallest absolute Gasteiger partial charge is 0.241 e. The van der Waals surface area contributed by atoms with E-state index in [2.05, 4.69) is 10.3 Å². The van der Waals surface area contributed by atoms with Crippen molar-refractivity contribution >= 4 is 28.4 Å². The molecule has 4 N–H and O–H groups in total. The molecule has 4 saturated carbocycles. The Kier molecular flexibility index (Phi) is 5.37. The highest BCUT2D eigenvalue weighted by Gasteiger charge is 2.54. The van der Waals surface area contributed by atoms with Gasteiger partial charge < -0.3 is 20.9 Å². The van der Waals surface area contributed by atoms with Crippen LogP contribution in [0.3, 0.4) is 0 Å². The van der Waals surface area contributed by atoms with E-state index in [-0.39, 0.29) is 30.7 Å². The molecule has 2 aromatic rings. The number of aromatic amines is 1. The second-order valence-corrected chi connectivity index (χ2v) is 11.5. The molecule has 0 radical (unpaired) electrons. The molecule has 8 heteroatoms. The third-order valence-corrected chi connectivity index (χ3v) is 8.98. The first-order valence-electron chi connectivity index (χ1n) is 12.8. The van der Waals surface area contributed by atoms with E-state index in [1.807, 2.05) is 30.5 Å². The fourth-order valence-corrected chi connectivity index (χ4v) is 7.77. The normalized spacial score (nSPS) is 34.2. The van der Waals surface area contributed by atoms with Crippen molar-refractivity contribution in [2.24, 2.45) is 28.9 Å². The van der Waals surface area contributed by atoms with E-state index in [0.29, 0.717) is 17.8 Å². The number of nitrogens with one attached hydrogen (secondary N) is 2. The maximum atomic E-state index is 13.8. The van der Waals surface area contributed by atoms with Crippen LogP contribution in [0.2, 0.25) is 0 Å². The van der Waals surface area contributed by atoms with Crippen molar-refractivity contribution in [2.75, 3.05) is 11.9 Å². The summed E-state index contributed by atoms with van der Waals surface area (Å²) in [5.74, 6) is 1.85. The molecule has 1 aromatic heterocycles. The van der Waals surface area contributed by atoms with Crippen LogP contribution in [0.5, 0.6) is 0 Å². The van der Waals surface area contributed by atoms with E-state index in [4.69, 9.17) is 5.73 Å². The molecule has 1 unspecified atom stereocenters. The highest BCUT2D eigenvalue weighted by atomic mass is 19.1. The number of hydrogen-bond acceptors (Lipinski definition) is 4. The van der Waals surface area contributed by atoms with Crippen LogP contribution in [0.4, 0.5) is 10.1 Å². The average Bonchev–Trinajstić information content (AvgIpc) is 3.40. The number of halogens is 1. The van der Waals surface area contributed by atoms with Crippen LogP contribution in [0.1, 0.15) is 50.5 Å². The van der Waals surface area contributed by atoms with Crippen molar-refractivity contribution in [3.8, 4) is 6.07 Å². The molecule has 5 aliphatic rings. The largest absolute Gasteiger partial charge is 0.361 e. The third kappa shape index (κ3) is 3.90. The van der Waals surface area contributed by atoms with Crippen LogP contribution >= 0.6 is 0 Å². The van der Waals surface area contributed by atoms with E-state index < -0.39 is 24.2 Å². The number of carbonyl (C=O) groups is 2. The Bertz CT molecular complexity index is 1180. The van der Waals surface area contributed by atoms with Gasteiger partial charge in [0.15, 0.2) is 0 Å². The molecule has 3 atom stereocenters. The molecule has 7 nitrogen and oxygen atoms in total. The predicted octanol–water partition coefficient (Wildman–Crippen LogP) is 3.66. The molecule has 0 spiro atoms. The minimum absolute atomic E-state index is 0.0365. The number of benzene rings is 1. The molecule has 7 rings (SSSR count). The minimum atomic E-state index is -1.19. The van der Waals surface area contributed by atoms with Gasteiger partial charge in [0, 0.05) is 29.2 Å². The van der Waals surface area contributed by atoms with E-state index >= 15 is 0 Å². The molecular formula is C27H32FN5O2. The number of hydrogen-bond donors (Lipinski definition) is 3. The van der Waals surface area contributed by atoms with E-state index in [1.165, 1.54) is 24.2 Å². The highest BCUT2D eigenvalue weighted by Crippen LogP contribution is 2.60. The Labute approximate surface area is 204 Å². The topological polar surface area (TPSA) is 115 Å². The zero-order chi connectivity index (χ0) is 24.3. The number of nitrogens with zero attached hydrogens (tertiary/aromatic N) is 2. The first-order chi connectivity index (χ1) is 16.8. The number of H-pyrrole nitrogens is 1. The fourth-order valence-electron chi connectivity index (χ4n) is 7.77. The zero-order valence-electron chi connectivity index (χ0n) is 19.8. The van der Waals surface area contributed by atoms with Gasteiger partial charge >= 0.3 is 0 Å². The van der Waals surface area contributed by atoms with Crippen molar-refractivity contribution in [2.45, 2.75) is 69.6 Å². The summed E-state index contributed by atoms with van der Waals surface area (Å²) in [6.07, 6.45) is 7.86. The van der Waals surface area contributed by atoms with Gasteiger partial charge in [-0.15, -0.1) is 0 Å². The molecule has 4 bridgehead atoms. The van der Waals surface area contributed by atoms with Gasteiger partial charge in [0.2, 0.25) is 11.8 Å². The Morgan fingerprint density at radius 2 is 1.89 bits per heavy atom. The molecule has 4 aliphatic carbocycles. The van der Waals surface area contributed by atoms with Crippen molar-refractivity contribution < 1.29 is 14.0 Å². The summed E-state index contributed by atoms with van der Waals surface area (Å²) in [5, 5.41) is 13.4. The number of likely N-dealkylation sites (tertiary alicyclic amines) is 1. The molecule has 1 aliphatic heterocycles. The number of anilines is 1. The number of nitriles is 1. The molecule has 1 aromatic carbocycles. The standard InChI is InChI=1S/C27H32FN5O2/c28-19-7-21(12-29)33(14-19)25(34)23(30)6-18-13-31-24-2-1-20(8-22(18)24)32-26(35)27-9-15-3-16(10-27)5-17(4-15)11-27/h1-2,8,13,15-17,19,21,23,31H,3-7,9-11,14,30H2,(H,32,35)/t15?,16?,17?,19-,21-,23?,27?/m0/s1. The van der Waals surface area contributed by atoms with Gasteiger partial charge in [-0.05, 0) is 86.5 Å². The monoisotopic (exact) mass is 477 g/mol. The Morgan fingerprint density at radius 3 is 2.54 bits per heavy atom. The summed E-state index contributed by atoms with van der Waals surface area (Å²) < 4.78 is 13.8. The lowest BCUT2D eigenvalue weighted by molar-refractivity contribution is -0.140.